The molecule has 2 aliphatic heterocycles. The number of anilines is 1. The van der Waals surface area contributed by atoms with Crippen molar-refractivity contribution in [3.8, 4) is 5.75 Å². The summed E-state index contributed by atoms with van der Waals surface area (Å²) in [6.45, 7) is 5.20. The second-order valence-corrected chi connectivity index (χ2v) is 14.4. The first-order valence-corrected chi connectivity index (χ1v) is 16.5. The quantitative estimate of drug-likeness (QED) is 0.315. The molecule has 7 nitrogen and oxygen atoms in total. The summed E-state index contributed by atoms with van der Waals surface area (Å²) in [4.78, 5) is 28.0. The molecular weight excluding hydrogens is 560 g/mol. The number of rotatable bonds is 1. The number of fused-ring (bicyclic) bond motifs is 3. The van der Waals surface area contributed by atoms with Gasteiger partial charge in [0, 0.05) is 29.1 Å². The zero-order valence-corrected chi connectivity index (χ0v) is 25.3. The summed E-state index contributed by atoms with van der Waals surface area (Å²) >= 11 is 6.30. The maximum absolute atomic E-state index is 13.3. The topological polar surface area (TPSA) is 92.8 Å². The summed E-state index contributed by atoms with van der Waals surface area (Å²) in [5.41, 5.74) is 2.77. The van der Waals surface area contributed by atoms with Crippen LogP contribution in [-0.2, 0) is 27.8 Å². The zero-order chi connectivity index (χ0) is 29.2. The highest BCUT2D eigenvalue weighted by molar-refractivity contribution is 7.90. The number of ether oxygens (including phenoxy) is 1. The van der Waals surface area contributed by atoms with Crippen molar-refractivity contribution in [3.63, 3.8) is 0 Å². The van der Waals surface area contributed by atoms with Gasteiger partial charge in [-0.2, -0.15) is 0 Å². The Morgan fingerprint density at radius 3 is 2.68 bits per heavy atom. The maximum atomic E-state index is 13.3. The van der Waals surface area contributed by atoms with Gasteiger partial charge in [-0.05, 0) is 105 Å². The normalized spacial score (nSPS) is 29.3. The van der Waals surface area contributed by atoms with Crippen molar-refractivity contribution >= 4 is 39.5 Å². The molecular formula is C32H39ClN2O5S. The average molecular weight is 599 g/mol. The van der Waals surface area contributed by atoms with E-state index in [9.17, 15) is 18.0 Å². The van der Waals surface area contributed by atoms with Crippen molar-refractivity contribution in [2.24, 2.45) is 17.3 Å². The summed E-state index contributed by atoms with van der Waals surface area (Å²) in [5.74, 6) is -0.0792. The Balaban J connectivity index is 1.56. The molecule has 1 aliphatic carbocycles. The number of halogens is 1. The minimum atomic E-state index is -3.91. The van der Waals surface area contributed by atoms with Gasteiger partial charge in [0.15, 0.2) is 0 Å². The van der Waals surface area contributed by atoms with Gasteiger partial charge in [-0.3, -0.25) is 4.79 Å². The third-order valence-electron chi connectivity index (χ3n) is 9.38. The fraction of sp³-hybridized carbons (Fsp3) is 0.500. The van der Waals surface area contributed by atoms with Gasteiger partial charge < -0.3 is 14.4 Å². The van der Waals surface area contributed by atoms with Gasteiger partial charge in [0.2, 0.25) is 10.0 Å². The van der Waals surface area contributed by atoms with Crippen molar-refractivity contribution in [1.82, 2.24) is 4.72 Å². The highest BCUT2D eigenvalue weighted by atomic mass is 35.5. The number of nitrogens with one attached hydrogen (secondary N) is 1. The molecule has 1 amide bonds. The first-order valence-electron chi connectivity index (χ1n) is 14.6. The van der Waals surface area contributed by atoms with Crippen LogP contribution in [0.15, 0.2) is 48.6 Å². The fourth-order valence-electron chi connectivity index (χ4n) is 6.20. The van der Waals surface area contributed by atoms with Crippen molar-refractivity contribution in [1.29, 1.82) is 0 Å². The molecule has 0 radical (unpaired) electrons. The molecule has 0 aromatic heterocycles. The van der Waals surface area contributed by atoms with E-state index in [4.69, 9.17) is 16.3 Å². The van der Waals surface area contributed by atoms with Gasteiger partial charge in [-0.15, -0.1) is 0 Å². The van der Waals surface area contributed by atoms with Gasteiger partial charge in [-0.25, -0.2) is 13.1 Å². The average Bonchev–Trinajstić information content (AvgIpc) is 2.97. The third kappa shape index (κ3) is 6.33. The molecule has 2 heterocycles. The van der Waals surface area contributed by atoms with E-state index in [0.717, 1.165) is 55.2 Å². The standard InChI is InChI=1S/C32H39ClN2O5S/c1-22-7-3-5-14-32(21-36)15-13-27(32)19-35-16-6-4-8-24-17-28(33)11-9-26(24)20-40-30-12-10-25(18-29(30)35)31(37)34-41(38,39)23(22)2/h3,5,9-12,17-18,21-23,27H,4,6-8,13-16,19-20H2,1-2H3,(H,34,37)/b5-3+/t22-,23+,27-,32+/m0/s1. The first-order chi connectivity index (χ1) is 19.6. The van der Waals surface area contributed by atoms with Crippen LogP contribution in [0.5, 0.6) is 5.75 Å². The summed E-state index contributed by atoms with van der Waals surface area (Å²) < 4.78 is 34.9. The summed E-state index contributed by atoms with van der Waals surface area (Å²) in [6.07, 6.45) is 10.8. The molecule has 4 atom stereocenters. The number of carbonyl (C=O) groups is 2. The van der Waals surface area contributed by atoms with Crippen LogP contribution in [0.3, 0.4) is 0 Å². The number of aryl methyl sites for hydroxylation is 1. The van der Waals surface area contributed by atoms with Gasteiger partial charge in [0.1, 0.15) is 18.6 Å². The lowest BCUT2D eigenvalue weighted by atomic mass is 9.59. The molecule has 5 rings (SSSR count). The largest absolute Gasteiger partial charge is 0.487 e. The molecule has 1 fully saturated rings. The van der Waals surface area contributed by atoms with E-state index in [2.05, 4.69) is 9.62 Å². The lowest BCUT2D eigenvalue weighted by Gasteiger charge is -2.48. The Morgan fingerprint density at radius 1 is 1.10 bits per heavy atom. The number of hydrogen-bond donors (Lipinski definition) is 1. The van der Waals surface area contributed by atoms with E-state index < -0.39 is 26.6 Å². The zero-order valence-electron chi connectivity index (χ0n) is 23.8. The number of benzene rings is 2. The number of aldehydes is 1. The molecule has 2 aromatic carbocycles. The van der Waals surface area contributed by atoms with E-state index in [1.54, 1.807) is 25.1 Å². The van der Waals surface area contributed by atoms with Crippen LogP contribution in [0.1, 0.15) is 73.9 Å². The highest BCUT2D eigenvalue weighted by Gasteiger charge is 2.46. The Morgan fingerprint density at radius 2 is 1.93 bits per heavy atom. The van der Waals surface area contributed by atoms with E-state index in [1.165, 1.54) is 0 Å². The smallest absolute Gasteiger partial charge is 0.264 e. The predicted octanol–water partition coefficient (Wildman–Crippen LogP) is 6.09. The first kappa shape index (κ1) is 29.6. The van der Waals surface area contributed by atoms with Gasteiger partial charge >= 0.3 is 0 Å². The van der Waals surface area contributed by atoms with Crippen LogP contribution in [-0.4, -0.2) is 39.0 Å². The van der Waals surface area contributed by atoms with Crippen molar-refractivity contribution < 1.29 is 22.7 Å². The number of carbonyl (C=O) groups excluding carboxylic acids is 2. The summed E-state index contributed by atoms with van der Waals surface area (Å²) in [5, 5.41) is -0.0718. The summed E-state index contributed by atoms with van der Waals surface area (Å²) in [6, 6.07) is 11.0. The van der Waals surface area contributed by atoms with Gasteiger partial charge in [-0.1, -0.05) is 36.7 Å². The second kappa shape index (κ2) is 12.2. The van der Waals surface area contributed by atoms with Crippen LogP contribution < -0.4 is 14.4 Å². The molecule has 3 aliphatic rings. The van der Waals surface area contributed by atoms with Crippen molar-refractivity contribution in [2.45, 2.75) is 70.7 Å². The Labute approximate surface area is 248 Å². The number of allylic oxidation sites excluding steroid dienone is 2. The SMILES string of the molecule is C[C@@H]1[C@@H](C)C/C=C/C[C@]2(C=O)CC[C@H]2CN2CCCCc3cc(Cl)ccc3COc3ccc(cc32)C(=O)NS1(=O)=O. The minimum Gasteiger partial charge on any atom is -0.487 e. The van der Waals surface area contributed by atoms with Crippen molar-refractivity contribution in [2.75, 3.05) is 18.0 Å². The summed E-state index contributed by atoms with van der Waals surface area (Å²) in [7, 11) is -3.91. The molecule has 220 valence electrons. The van der Waals surface area contributed by atoms with E-state index >= 15 is 0 Å². The van der Waals surface area contributed by atoms with Gasteiger partial charge in [0.25, 0.3) is 5.91 Å². The van der Waals surface area contributed by atoms with Gasteiger partial charge in [0.05, 0.1) is 10.9 Å². The highest BCUT2D eigenvalue weighted by Crippen LogP contribution is 2.49. The molecule has 1 N–H and O–H groups in total. The van der Waals surface area contributed by atoms with Crippen LogP contribution in [0, 0.1) is 17.3 Å². The molecule has 0 saturated heterocycles. The van der Waals surface area contributed by atoms with Crippen LogP contribution in [0.4, 0.5) is 5.69 Å². The molecule has 0 unspecified atom stereocenters. The Hall–Kier alpha value is -2.84. The molecule has 9 heteroatoms. The van der Waals surface area contributed by atoms with Crippen LogP contribution >= 0.6 is 11.6 Å². The Bertz CT molecular complexity index is 1440. The molecule has 0 spiro atoms. The van der Waals surface area contributed by atoms with E-state index in [0.29, 0.717) is 43.3 Å². The van der Waals surface area contributed by atoms with E-state index in [1.807, 2.05) is 37.3 Å². The molecule has 2 aromatic rings. The lowest BCUT2D eigenvalue weighted by Crippen LogP contribution is -2.48. The second-order valence-electron chi connectivity index (χ2n) is 11.9. The number of amides is 1. The predicted molar refractivity (Wildman–Crippen MR) is 162 cm³/mol. The minimum absolute atomic E-state index is 0.167. The van der Waals surface area contributed by atoms with E-state index in [-0.39, 0.29) is 17.4 Å². The Kier molecular flexibility index (Phi) is 8.81. The number of hydrogen-bond acceptors (Lipinski definition) is 6. The fourth-order valence-corrected chi connectivity index (χ4v) is 7.68. The monoisotopic (exact) mass is 598 g/mol. The van der Waals surface area contributed by atoms with Crippen LogP contribution in [0.2, 0.25) is 5.02 Å². The molecule has 2 bridgehead atoms. The van der Waals surface area contributed by atoms with Crippen molar-refractivity contribution in [3.05, 3.63) is 70.3 Å². The van der Waals surface area contributed by atoms with Crippen LogP contribution in [0.25, 0.3) is 0 Å². The number of nitrogens with zero attached hydrogens (tertiary/aromatic N) is 1. The molecule has 41 heavy (non-hydrogen) atoms. The maximum Gasteiger partial charge on any atom is 0.264 e. The third-order valence-corrected chi connectivity index (χ3v) is 11.5. The lowest BCUT2D eigenvalue weighted by molar-refractivity contribution is -0.125. The molecule has 1 saturated carbocycles. The number of sulfonamides is 1.